The van der Waals surface area contributed by atoms with E-state index in [-0.39, 0.29) is 16.7 Å². The summed E-state index contributed by atoms with van der Waals surface area (Å²) in [5.41, 5.74) is 0.815. The number of hydrogen-bond donors (Lipinski definition) is 1. The lowest BCUT2D eigenvalue weighted by atomic mass is 10.2. The molecular weight excluding hydrogens is 328 g/mol. The first-order valence-electron chi connectivity index (χ1n) is 7.45. The number of carboxylic acids is 1. The quantitative estimate of drug-likeness (QED) is 0.923. The summed E-state index contributed by atoms with van der Waals surface area (Å²) in [6.45, 7) is 0.552. The molecule has 6 nitrogen and oxygen atoms in total. The Morgan fingerprint density at radius 3 is 2.46 bits per heavy atom. The van der Waals surface area contributed by atoms with Gasteiger partial charge >= 0.3 is 5.97 Å². The summed E-state index contributed by atoms with van der Waals surface area (Å²) in [5.74, 6) is -1.51. The lowest BCUT2D eigenvalue weighted by Crippen LogP contribution is -2.42. The second kappa shape index (κ2) is 6.45. The second-order valence-electron chi connectivity index (χ2n) is 5.52. The molecule has 0 radical (unpaired) electrons. The Balaban J connectivity index is 1.75. The van der Waals surface area contributed by atoms with Crippen molar-refractivity contribution in [3.05, 3.63) is 52.2 Å². The standard InChI is InChI=1S/C17H16N2O4S/c1-18(16(21)13-7-8-14(24-13)17(22)23)12-9-10-19(15(12)20)11-5-3-2-4-6-11/h2-8,12H,9-10H2,1H3,(H,22,23). The third-order valence-corrected chi connectivity index (χ3v) is 5.12. The van der Waals surface area contributed by atoms with Crippen molar-refractivity contribution in [3.8, 4) is 0 Å². The van der Waals surface area contributed by atoms with Gasteiger partial charge < -0.3 is 14.9 Å². The third-order valence-electron chi connectivity index (χ3n) is 4.06. The van der Waals surface area contributed by atoms with Crippen LogP contribution in [0.5, 0.6) is 0 Å². The molecule has 1 atom stereocenters. The minimum absolute atomic E-state index is 0.107. The first-order chi connectivity index (χ1) is 11.5. The number of para-hydroxylation sites is 1. The van der Waals surface area contributed by atoms with E-state index < -0.39 is 12.0 Å². The minimum Gasteiger partial charge on any atom is -0.477 e. The van der Waals surface area contributed by atoms with Gasteiger partial charge in [-0.25, -0.2) is 4.79 Å². The largest absolute Gasteiger partial charge is 0.477 e. The van der Waals surface area contributed by atoms with Gasteiger partial charge in [0, 0.05) is 19.3 Å². The lowest BCUT2D eigenvalue weighted by molar-refractivity contribution is -0.120. The zero-order valence-electron chi connectivity index (χ0n) is 13.0. The van der Waals surface area contributed by atoms with E-state index >= 15 is 0 Å². The molecule has 124 valence electrons. The Morgan fingerprint density at radius 1 is 1.17 bits per heavy atom. The number of carbonyl (C=O) groups excluding carboxylic acids is 2. The molecule has 1 aliphatic rings. The normalized spacial score (nSPS) is 17.1. The van der Waals surface area contributed by atoms with Gasteiger partial charge in [0.15, 0.2) is 0 Å². The molecule has 0 spiro atoms. The van der Waals surface area contributed by atoms with E-state index in [2.05, 4.69) is 0 Å². The highest BCUT2D eigenvalue weighted by molar-refractivity contribution is 7.15. The fraction of sp³-hybridized carbons (Fsp3) is 0.235. The fourth-order valence-corrected chi connectivity index (χ4v) is 3.60. The van der Waals surface area contributed by atoms with Crippen LogP contribution in [0.1, 0.15) is 25.8 Å². The highest BCUT2D eigenvalue weighted by Crippen LogP contribution is 2.26. The summed E-state index contributed by atoms with van der Waals surface area (Å²) in [5, 5.41) is 8.96. The van der Waals surface area contributed by atoms with Gasteiger partial charge in [-0.3, -0.25) is 9.59 Å². The minimum atomic E-state index is -1.06. The maximum Gasteiger partial charge on any atom is 0.345 e. The van der Waals surface area contributed by atoms with Gasteiger partial charge in [-0.1, -0.05) is 18.2 Å². The molecule has 0 aliphatic carbocycles. The van der Waals surface area contributed by atoms with Crippen LogP contribution in [0.2, 0.25) is 0 Å². The Kier molecular flexibility index (Phi) is 4.35. The number of anilines is 1. The van der Waals surface area contributed by atoms with Crippen LogP contribution >= 0.6 is 11.3 Å². The van der Waals surface area contributed by atoms with Crippen LogP contribution in [0, 0.1) is 0 Å². The second-order valence-corrected chi connectivity index (χ2v) is 6.60. The van der Waals surface area contributed by atoms with Gasteiger partial charge in [0.2, 0.25) is 5.91 Å². The maximum absolute atomic E-state index is 12.6. The molecular formula is C17H16N2O4S. The van der Waals surface area contributed by atoms with Gasteiger partial charge in [0.05, 0.1) is 4.88 Å². The average Bonchev–Trinajstić information content (AvgIpc) is 3.21. The summed E-state index contributed by atoms with van der Waals surface area (Å²) in [7, 11) is 1.58. The fourth-order valence-electron chi connectivity index (χ4n) is 2.77. The highest BCUT2D eigenvalue weighted by Gasteiger charge is 2.37. The molecule has 1 N–H and O–H groups in total. The van der Waals surface area contributed by atoms with Gasteiger partial charge in [0.1, 0.15) is 10.9 Å². The zero-order valence-corrected chi connectivity index (χ0v) is 13.8. The van der Waals surface area contributed by atoms with Gasteiger partial charge in [-0.05, 0) is 30.7 Å². The number of aromatic carboxylic acids is 1. The van der Waals surface area contributed by atoms with Crippen LogP contribution in [-0.4, -0.2) is 47.4 Å². The Morgan fingerprint density at radius 2 is 1.83 bits per heavy atom. The van der Waals surface area contributed by atoms with Crippen molar-refractivity contribution in [1.29, 1.82) is 0 Å². The van der Waals surface area contributed by atoms with E-state index in [1.54, 1.807) is 11.9 Å². The number of thiophene rings is 1. The van der Waals surface area contributed by atoms with Crippen molar-refractivity contribution in [2.24, 2.45) is 0 Å². The van der Waals surface area contributed by atoms with Gasteiger partial charge in [-0.15, -0.1) is 11.3 Å². The number of nitrogens with zero attached hydrogens (tertiary/aromatic N) is 2. The van der Waals surface area contributed by atoms with Crippen LogP contribution in [0.4, 0.5) is 5.69 Å². The SMILES string of the molecule is CN(C(=O)c1ccc(C(=O)O)s1)C1CCN(c2ccccc2)C1=O. The first kappa shape index (κ1) is 16.2. The molecule has 2 aromatic rings. The highest BCUT2D eigenvalue weighted by atomic mass is 32.1. The number of benzene rings is 1. The van der Waals surface area contributed by atoms with Crippen LogP contribution in [0.3, 0.4) is 0 Å². The molecule has 1 fully saturated rings. The monoisotopic (exact) mass is 344 g/mol. The molecule has 0 bridgehead atoms. The number of carboxylic acid groups (broad SMARTS) is 1. The molecule has 24 heavy (non-hydrogen) atoms. The van der Waals surface area contributed by atoms with Crippen LogP contribution < -0.4 is 4.90 Å². The van der Waals surface area contributed by atoms with Crippen LogP contribution in [0.15, 0.2) is 42.5 Å². The summed E-state index contributed by atoms with van der Waals surface area (Å²) in [6, 6.07) is 11.7. The molecule has 1 unspecified atom stereocenters. The lowest BCUT2D eigenvalue weighted by Gasteiger charge is -2.23. The zero-order chi connectivity index (χ0) is 17.3. The van der Waals surface area contributed by atoms with Crippen molar-refractivity contribution < 1.29 is 19.5 Å². The van der Waals surface area contributed by atoms with Gasteiger partial charge in [0.25, 0.3) is 5.91 Å². The molecule has 1 aromatic heterocycles. The number of likely N-dealkylation sites (N-methyl/N-ethyl adjacent to an activating group) is 1. The Bertz CT molecular complexity index is 787. The molecule has 2 heterocycles. The summed E-state index contributed by atoms with van der Waals surface area (Å²) in [6.07, 6.45) is 0.549. The maximum atomic E-state index is 12.6. The molecule has 7 heteroatoms. The molecule has 1 saturated heterocycles. The summed E-state index contributed by atoms with van der Waals surface area (Å²) < 4.78 is 0. The van der Waals surface area contributed by atoms with Crippen molar-refractivity contribution in [2.75, 3.05) is 18.5 Å². The van der Waals surface area contributed by atoms with E-state index in [1.165, 1.54) is 17.0 Å². The van der Waals surface area contributed by atoms with E-state index in [0.717, 1.165) is 17.0 Å². The summed E-state index contributed by atoms with van der Waals surface area (Å²) in [4.78, 5) is 39.6. The van der Waals surface area contributed by atoms with Crippen molar-refractivity contribution >= 4 is 34.8 Å². The van der Waals surface area contributed by atoms with Gasteiger partial charge in [-0.2, -0.15) is 0 Å². The van der Waals surface area contributed by atoms with Crippen LogP contribution in [0.25, 0.3) is 0 Å². The smallest absolute Gasteiger partial charge is 0.345 e. The third kappa shape index (κ3) is 2.90. The van der Waals surface area contributed by atoms with E-state index in [4.69, 9.17) is 5.11 Å². The van der Waals surface area contributed by atoms with Crippen molar-refractivity contribution in [2.45, 2.75) is 12.5 Å². The van der Waals surface area contributed by atoms with E-state index in [0.29, 0.717) is 17.8 Å². The molecule has 1 aromatic carbocycles. The first-order valence-corrected chi connectivity index (χ1v) is 8.27. The van der Waals surface area contributed by atoms with Crippen molar-refractivity contribution in [1.82, 2.24) is 4.90 Å². The number of hydrogen-bond acceptors (Lipinski definition) is 4. The molecule has 2 amide bonds. The predicted octanol–water partition coefficient (Wildman–Crippen LogP) is 2.32. The van der Waals surface area contributed by atoms with E-state index in [1.807, 2.05) is 30.3 Å². The molecule has 1 aliphatic heterocycles. The topological polar surface area (TPSA) is 77.9 Å². The average molecular weight is 344 g/mol. The molecule has 0 saturated carbocycles. The Labute approximate surface area is 142 Å². The number of amides is 2. The van der Waals surface area contributed by atoms with E-state index in [9.17, 15) is 14.4 Å². The summed E-state index contributed by atoms with van der Waals surface area (Å²) >= 11 is 0.919. The number of rotatable bonds is 4. The van der Waals surface area contributed by atoms with Crippen molar-refractivity contribution in [3.63, 3.8) is 0 Å². The Hall–Kier alpha value is -2.67. The number of carbonyl (C=O) groups is 3. The molecule has 3 rings (SSSR count). The van der Waals surface area contributed by atoms with Crippen LogP contribution in [-0.2, 0) is 4.79 Å². The predicted molar refractivity (Wildman–Crippen MR) is 90.6 cm³/mol.